The van der Waals surface area contributed by atoms with E-state index < -0.39 is 0 Å². The highest BCUT2D eigenvalue weighted by Crippen LogP contribution is 2.36. The minimum absolute atomic E-state index is 0.248. The summed E-state index contributed by atoms with van der Waals surface area (Å²) in [6, 6.07) is 11.2. The Morgan fingerprint density at radius 1 is 1.15 bits per heavy atom. The highest BCUT2D eigenvalue weighted by atomic mass is 35.5. The zero-order valence-corrected chi connectivity index (χ0v) is 12.2. The zero-order valence-electron chi connectivity index (χ0n) is 10.7. The van der Waals surface area contributed by atoms with Crippen LogP contribution in [0.4, 0.5) is 0 Å². The summed E-state index contributed by atoms with van der Waals surface area (Å²) in [5.41, 5.74) is 5.79. The zero-order chi connectivity index (χ0) is 14.1. The van der Waals surface area contributed by atoms with E-state index in [0.29, 0.717) is 10.0 Å². The molecule has 104 valence electrons. The first-order chi connectivity index (χ1) is 9.70. The van der Waals surface area contributed by atoms with Gasteiger partial charge < -0.3 is 4.74 Å². The van der Waals surface area contributed by atoms with Crippen LogP contribution in [0.3, 0.4) is 0 Å². The maximum atomic E-state index is 6.27. The number of halogens is 2. The van der Waals surface area contributed by atoms with Crippen molar-refractivity contribution < 1.29 is 4.74 Å². The molecule has 3 rings (SSSR count). The maximum Gasteiger partial charge on any atom is 0.122 e. The minimum atomic E-state index is -0.248. The number of hydrogen-bond donors (Lipinski definition) is 2. The number of hydrazine groups is 1. The molecule has 0 aromatic heterocycles. The lowest BCUT2D eigenvalue weighted by molar-refractivity contribution is 0.357. The van der Waals surface area contributed by atoms with Crippen molar-refractivity contribution in [2.24, 2.45) is 5.84 Å². The Bertz CT molecular complexity index is 626. The fourth-order valence-corrected chi connectivity index (χ4v) is 3.13. The minimum Gasteiger partial charge on any atom is -0.493 e. The largest absolute Gasteiger partial charge is 0.493 e. The Balaban J connectivity index is 2.06. The van der Waals surface area contributed by atoms with E-state index >= 15 is 0 Å². The molecule has 0 spiro atoms. The molecule has 5 heteroatoms. The molecule has 2 aromatic carbocycles. The third-order valence-electron chi connectivity index (χ3n) is 3.50. The molecule has 1 unspecified atom stereocenters. The number of benzene rings is 2. The molecule has 20 heavy (non-hydrogen) atoms. The van der Waals surface area contributed by atoms with Gasteiger partial charge in [0.05, 0.1) is 12.6 Å². The van der Waals surface area contributed by atoms with Crippen LogP contribution in [-0.4, -0.2) is 6.61 Å². The van der Waals surface area contributed by atoms with Gasteiger partial charge in [-0.2, -0.15) is 0 Å². The van der Waals surface area contributed by atoms with E-state index in [-0.39, 0.29) is 6.04 Å². The molecule has 1 atom stereocenters. The molecule has 0 aliphatic carbocycles. The lowest BCUT2D eigenvalue weighted by Crippen LogP contribution is -2.29. The second-order valence-corrected chi connectivity index (χ2v) is 5.52. The van der Waals surface area contributed by atoms with Crippen molar-refractivity contribution in [3.63, 3.8) is 0 Å². The lowest BCUT2D eigenvalue weighted by atomic mass is 9.97. The van der Waals surface area contributed by atoms with Crippen LogP contribution in [0.2, 0.25) is 10.0 Å². The first kappa shape index (κ1) is 13.7. The molecule has 1 aliphatic heterocycles. The van der Waals surface area contributed by atoms with Gasteiger partial charge in [0.25, 0.3) is 0 Å². The fourth-order valence-electron chi connectivity index (χ4n) is 2.52. The molecule has 0 fully saturated rings. The van der Waals surface area contributed by atoms with Crippen LogP contribution in [-0.2, 0) is 6.42 Å². The summed E-state index contributed by atoms with van der Waals surface area (Å²) in [6.45, 7) is 0.729. The van der Waals surface area contributed by atoms with Crippen LogP contribution in [0.15, 0.2) is 36.4 Å². The van der Waals surface area contributed by atoms with Crippen LogP contribution in [0, 0.1) is 0 Å². The summed E-state index contributed by atoms with van der Waals surface area (Å²) in [7, 11) is 0. The highest BCUT2D eigenvalue weighted by Gasteiger charge is 2.21. The number of nitrogens with one attached hydrogen (secondary N) is 1. The summed E-state index contributed by atoms with van der Waals surface area (Å²) in [6.07, 6.45) is 0.913. The SMILES string of the molecule is NNC(c1ccc2c(c1)CCO2)c1c(Cl)cccc1Cl. The first-order valence-corrected chi connectivity index (χ1v) is 7.12. The van der Waals surface area contributed by atoms with Crippen molar-refractivity contribution in [2.45, 2.75) is 12.5 Å². The van der Waals surface area contributed by atoms with E-state index in [1.807, 2.05) is 30.3 Å². The standard InChI is InChI=1S/C15H14Cl2N2O/c16-11-2-1-3-12(17)14(11)15(19-18)10-4-5-13-9(8-10)6-7-20-13/h1-5,8,15,19H,6-7,18H2. The average molecular weight is 309 g/mol. The predicted molar refractivity (Wildman–Crippen MR) is 81.3 cm³/mol. The molecule has 3 nitrogen and oxygen atoms in total. The molecule has 3 N–H and O–H groups in total. The van der Waals surface area contributed by atoms with Gasteiger partial charge in [0.15, 0.2) is 0 Å². The van der Waals surface area contributed by atoms with Crippen molar-refractivity contribution in [3.05, 3.63) is 63.1 Å². The Kier molecular flexibility index (Phi) is 3.85. The van der Waals surface area contributed by atoms with Gasteiger partial charge >= 0.3 is 0 Å². The van der Waals surface area contributed by atoms with Crippen molar-refractivity contribution in [3.8, 4) is 5.75 Å². The maximum absolute atomic E-state index is 6.27. The van der Waals surface area contributed by atoms with Crippen LogP contribution in [0.5, 0.6) is 5.75 Å². The Morgan fingerprint density at radius 3 is 2.60 bits per heavy atom. The smallest absolute Gasteiger partial charge is 0.122 e. The van der Waals surface area contributed by atoms with Crippen molar-refractivity contribution in [2.75, 3.05) is 6.61 Å². The summed E-state index contributed by atoms with van der Waals surface area (Å²) >= 11 is 12.5. The number of ether oxygens (including phenoxy) is 1. The quantitative estimate of drug-likeness (QED) is 0.674. The number of nitrogens with two attached hydrogens (primary N) is 1. The van der Waals surface area contributed by atoms with Gasteiger partial charge in [0, 0.05) is 22.0 Å². The normalized spacial score (nSPS) is 14.8. The second kappa shape index (κ2) is 5.62. The topological polar surface area (TPSA) is 47.3 Å². The van der Waals surface area contributed by atoms with Crippen LogP contribution >= 0.6 is 23.2 Å². The third-order valence-corrected chi connectivity index (χ3v) is 4.16. The third kappa shape index (κ3) is 2.38. The molecular formula is C15H14Cl2N2O. The first-order valence-electron chi connectivity index (χ1n) is 6.36. The number of fused-ring (bicyclic) bond motifs is 1. The van der Waals surface area contributed by atoms with Crippen molar-refractivity contribution >= 4 is 23.2 Å². The molecule has 0 bridgehead atoms. The molecular weight excluding hydrogens is 295 g/mol. The van der Waals surface area contributed by atoms with E-state index in [4.69, 9.17) is 33.8 Å². The summed E-state index contributed by atoms with van der Waals surface area (Å²) < 4.78 is 5.52. The van der Waals surface area contributed by atoms with Crippen molar-refractivity contribution in [1.29, 1.82) is 0 Å². The van der Waals surface area contributed by atoms with Gasteiger partial charge in [-0.1, -0.05) is 41.4 Å². The molecule has 0 saturated carbocycles. The van der Waals surface area contributed by atoms with E-state index in [1.165, 1.54) is 5.56 Å². The van der Waals surface area contributed by atoms with E-state index in [0.717, 1.165) is 29.9 Å². The molecule has 1 heterocycles. The van der Waals surface area contributed by atoms with Gasteiger partial charge in [-0.15, -0.1) is 0 Å². The second-order valence-electron chi connectivity index (χ2n) is 4.70. The highest BCUT2D eigenvalue weighted by molar-refractivity contribution is 6.36. The number of hydrogen-bond acceptors (Lipinski definition) is 3. The molecule has 0 saturated heterocycles. The molecule has 0 radical (unpaired) electrons. The number of rotatable bonds is 3. The van der Waals surface area contributed by atoms with E-state index in [2.05, 4.69) is 11.5 Å². The van der Waals surface area contributed by atoms with Crippen LogP contribution in [0.1, 0.15) is 22.7 Å². The van der Waals surface area contributed by atoms with Crippen LogP contribution in [0.25, 0.3) is 0 Å². The van der Waals surface area contributed by atoms with Gasteiger partial charge in [-0.3, -0.25) is 5.84 Å². The summed E-state index contributed by atoms with van der Waals surface area (Å²) in [5.74, 6) is 6.66. The Labute approximate surface area is 127 Å². The van der Waals surface area contributed by atoms with Gasteiger partial charge in [0.1, 0.15) is 5.75 Å². The van der Waals surface area contributed by atoms with Gasteiger partial charge in [-0.25, -0.2) is 5.43 Å². The monoisotopic (exact) mass is 308 g/mol. The van der Waals surface area contributed by atoms with Gasteiger partial charge in [0.2, 0.25) is 0 Å². The van der Waals surface area contributed by atoms with E-state index in [9.17, 15) is 0 Å². The summed E-state index contributed by atoms with van der Waals surface area (Å²) in [5, 5.41) is 1.19. The Morgan fingerprint density at radius 2 is 1.90 bits per heavy atom. The van der Waals surface area contributed by atoms with Crippen molar-refractivity contribution in [1.82, 2.24) is 5.43 Å². The van der Waals surface area contributed by atoms with Crippen LogP contribution < -0.4 is 16.0 Å². The molecule has 0 amide bonds. The molecule has 1 aliphatic rings. The summed E-state index contributed by atoms with van der Waals surface area (Å²) in [4.78, 5) is 0. The molecule has 2 aromatic rings. The van der Waals surface area contributed by atoms with E-state index in [1.54, 1.807) is 0 Å². The lowest BCUT2D eigenvalue weighted by Gasteiger charge is -2.20. The average Bonchev–Trinajstić information content (AvgIpc) is 2.90. The predicted octanol–water partition coefficient (Wildman–Crippen LogP) is 3.48. The Hall–Kier alpha value is -1.26. The fraction of sp³-hybridized carbons (Fsp3) is 0.200. The van der Waals surface area contributed by atoms with Gasteiger partial charge in [-0.05, 0) is 29.3 Å².